The van der Waals surface area contributed by atoms with Crippen LogP contribution in [0.4, 0.5) is 0 Å². The summed E-state index contributed by atoms with van der Waals surface area (Å²) in [4.78, 5) is 12.1. The summed E-state index contributed by atoms with van der Waals surface area (Å²) in [6.45, 7) is 0. The van der Waals surface area contributed by atoms with Crippen LogP contribution in [0.1, 0.15) is 0 Å². The molecule has 2 rings (SSSR count). The van der Waals surface area contributed by atoms with E-state index >= 15 is 0 Å². The molecule has 0 bridgehead atoms. The minimum atomic E-state index is -0.407. The van der Waals surface area contributed by atoms with E-state index in [1.807, 2.05) is 6.07 Å². The van der Waals surface area contributed by atoms with E-state index in [4.69, 9.17) is 5.11 Å². The van der Waals surface area contributed by atoms with Gasteiger partial charge in [0.15, 0.2) is 0 Å². The highest BCUT2D eigenvalue weighted by molar-refractivity contribution is 5.18. The smallest absolute Gasteiger partial charge is 0.416 e. The fourth-order valence-corrected chi connectivity index (χ4v) is 0.660. The first-order chi connectivity index (χ1) is 6.29. The second-order valence-electron chi connectivity index (χ2n) is 2.19. The van der Waals surface area contributed by atoms with Crippen molar-refractivity contribution in [1.29, 1.82) is 0 Å². The van der Waals surface area contributed by atoms with Gasteiger partial charge in [0.25, 0.3) is 0 Å². The summed E-state index contributed by atoms with van der Waals surface area (Å²) in [5.74, 6) is -0.0856. The van der Waals surface area contributed by atoms with Gasteiger partial charge in [-0.3, -0.25) is 4.98 Å². The minimum Gasteiger partial charge on any atom is -0.508 e. The van der Waals surface area contributed by atoms with Crippen molar-refractivity contribution < 1.29 is 9.52 Å². The molecule has 0 spiro atoms. The predicted octanol–water partition coefficient (Wildman–Crippen LogP) is 1.36. The number of benzene rings is 1. The molecule has 1 heterocycles. The molecule has 13 heavy (non-hydrogen) atoms. The third-order valence-electron chi connectivity index (χ3n) is 1.20. The van der Waals surface area contributed by atoms with Gasteiger partial charge < -0.3 is 9.52 Å². The van der Waals surface area contributed by atoms with Crippen LogP contribution in [-0.4, -0.2) is 10.1 Å². The SMILES string of the molecule is O=c1[nH]cco1.Oc1ccccc1. The third kappa shape index (κ3) is 3.81. The van der Waals surface area contributed by atoms with Crippen LogP contribution in [0.15, 0.2) is 52.0 Å². The van der Waals surface area contributed by atoms with E-state index in [9.17, 15) is 4.79 Å². The Morgan fingerprint density at radius 3 is 2.15 bits per heavy atom. The van der Waals surface area contributed by atoms with Crippen molar-refractivity contribution in [3.05, 3.63) is 53.3 Å². The summed E-state index contributed by atoms with van der Waals surface area (Å²) < 4.78 is 4.22. The zero-order valence-corrected chi connectivity index (χ0v) is 6.81. The van der Waals surface area contributed by atoms with Crippen LogP contribution in [0.2, 0.25) is 0 Å². The lowest BCUT2D eigenvalue weighted by Gasteiger charge is -1.82. The topological polar surface area (TPSA) is 66.2 Å². The number of aromatic hydroxyl groups is 1. The number of phenols is 1. The number of hydrogen-bond acceptors (Lipinski definition) is 3. The van der Waals surface area contributed by atoms with Crippen molar-refractivity contribution in [1.82, 2.24) is 4.98 Å². The van der Waals surface area contributed by atoms with E-state index in [0.29, 0.717) is 5.75 Å². The number of hydrogen-bond donors (Lipinski definition) is 2. The van der Waals surface area contributed by atoms with Gasteiger partial charge >= 0.3 is 5.76 Å². The maximum absolute atomic E-state index is 9.85. The van der Waals surface area contributed by atoms with E-state index in [1.54, 1.807) is 24.3 Å². The zero-order valence-electron chi connectivity index (χ0n) is 6.81. The molecule has 0 unspecified atom stereocenters. The number of oxazole rings is 1. The second-order valence-corrected chi connectivity index (χ2v) is 2.19. The molecule has 2 N–H and O–H groups in total. The van der Waals surface area contributed by atoms with Crippen LogP contribution >= 0.6 is 0 Å². The number of rotatable bonds is 0. The molecule has 0 saturated heterocycles. The van der Waals surface area contributed by atoms with Gasteiger partial charge in [-0.05, 0) is 12.1 Å². The van der Waals surface area contributed by atoms with E-state index < -0.39 is 5.76 Å². The first-order valence-corrected chi connectivity index (χ1v) is 3.65. The Morgan fingerprint density at radius 2 is 1.92 bits per heavy atom. The Labute approximate surface area is 74.5 Å². The maximum atomic E-state index is 9.85. The van der Waals surface area contributed by atoms with E-state index in [2.05, 4.69) is 9.40 Å². The highest BCUT2D eigenvalue weighted by Gasteiger charge is 1.74. The lowest BCUT2D eigenvalue weighted by atomic mass is 10.3. The summed E-state index contributed by atoms with van der Waals surface area (Å²) in [6, 6.07) is 8.71. The average molecular weight is 179 g/mol. The molecule has 0 atom stereocenters. The van der Waals surface area contributed by atoms with Gasteiger partial charge in [-0.1, -0.05) is 18.2 Å². The Balaban J connectivity index is 0.000000132. The quantitative estimate of drug-likeness (QED) is 0.641. The van der Waals surface area contributed by atoms with Crippen molar-refractivity contribution in [2.24, 2.45) is 0 Å². The van der Waals surface area contributed by atoms with Gasteiger partial charge in [-0.15, -0.1) is 0 Å². The van der Waals surface area contributed by atoms with Crippen LogP contribution in [0.3, 0.4) is 0 Å². The molecule has 0 saturated carbocycles. The monoisotopic (exact) mass is 179 g/mol. The van der Waals surface area contributed by atoms with Gasteiger partial charge in [0, 0.05) is 6.20 Å². The molecule has 68 valence electrons. The number of nitrogens with one attached hydrogen (secondary N) is 1. The van der Waals surface area contributed by atoms with Crippen molar-refractivity contribution in [2.75, 3.05) is 0 Å². The van der Waals surface area contributed by atoms with Crippen LogP contribution < -0.4 is 5.76 Å². The Hall–Kier alpha value is -1.97. The number of aromatic amines is 1. The van der Waals surface area contributed by atoms with E-state index in [1.165, 1.54) is 12.5 Å². The fraction of sp³-hybridized carbons (Fsp3) is 0. The Morgan fingerprint density at radius 1 is 1.23 bits per heavy atom. The molecular weight excluding hydrogens is 170 g/mol. The first kappa shape index (κ1) is 9.12. The first-order valence-electron chi connectivity index (χ1n) is 3.65. The van der Waals surface area contributed by atoms with Crippen LogP contribution in [0.5, 0.6) is 5.75 Å². The second kappa shape index (κ2) is 4.82. The Bertz CT molecular complexity index is 360. The number of phenolic OH excluding ortho intramolecular Hbond substituents is 1. The summed E-state index contributed by atoms with van der Waals surface area (Å²) >= 11 is 0. The third-order valence-corrected chi connectivity index (χ3v) is 1.20. The van der Waals surface area contributed by atoms with Gasteiger partial charge in [0.05, 0.1) is 0 Å². The molecule has 4 nitrogen and oxygen atoms in total. The number of para-hydroxylation sites is 1. The molecule has 0 fully saturated rings. The lowest BCUT2D eigenvalue weighted by molar-refractivity contribution is 0.475. The molecule has 0 aliphatic heterocycles. The fourth-order valence-electron chi connectivity index (χ4n) is 0.660. The molecule has 1 aromatic carbocycles. The Kier molecular flexibility index (Phi) is 3.38. The normalized spacial score (nSPS) is 8.62. The van der Waals surface area contributed by atoms with Crippen molar-refractivity contribution >= 4 is 0 Å². The van der Waals surface area contributed by atoms with E-state index in [0.717, 1.165) is 0 Å². The van der Waals surface area contributed by atoms with Gasteiger partial charge in [-0.2, -0.15) is 0 Å². The molecule has 0 amide bonds. The molecule has 4 heteroatoms. The van der Waals surface area contributed by atoms with Crippen LogP contribution in [-0.2, 0) is 0 Å². The average Bonchev–Trinajstić information content (AvgIpc) is 2.58. The van der Waals surface area contributed by atoms with Gasteiger partial charge in [0.1, 0.15) is 12.0 Å². The van der Waals surface area contributed by atoms with Crippen molar-refractivity contribution in [3.8, 4) is 5.75 Å². The zero-order chi connectivity index (χ0) is 9.52. The number of aromatic nitrogens is 1. The molecule has 2 aromatic rings. The van der Waals surface area contributed by atoms with Crippen LogP contribution in [0, 0.1) is 0 Å². The van der Waals surface area contributed by atoms with E-state index in [-0.39, 0.29) is 0 Å². The summed E-state index contributed by atoms with van der Waals surface area (Å²) in [5, 5.41) is 8.63. The summed E-state index contributed by atoms with van der Waals surface area (Å²) in [7, 11) is 0. The summed E-state index contributed by atoms with van der Waals surface area (Å²) in [6.07, 6.45) is 2.73. The maximum Gasteiger partial charge on any atom is 0.416 e. The van der Waals surface area contributed by atoms with Gasteiger partial charge in [0.2, 0.25) is 0 Å². The van der Waals surface area contributed by atoms with Crippen molar-refractivity contribution in [3.63, 3.8) is 0 Å². The molecule has 0 radical (unpaired) electrons. The van der Waals surface area contributed by atoms with Crippen molar-refractivity contribution in [2.45, 2.75) is 0 Å². The largest absolute Gasteiger partial charge is 0.508 e. The minimum absolute atomic E-state index is 0.322. The highest BCUT2D eigenvalue weighted by atomic mass is 16.4. The molecule has 0 aliphatic rings. The molecule has 0 aliphatic carbocycles. The highest BCUT2D eigenvalue weighted by Crippen LogP contribution is 2.02. The lowest BCUT2D eigenvalue weighted by Crippen LogP contribution is -1.91. The standard InChI is InChI=1S/C6H6O.C3H3NO2/c7-6-4-2-1-3-5-6;5-3-4-1-2-6-3/h1-5,7H;1-2H,(H,4,5). The molecular formula is C9H9NO3. The predicted molar refractivity (Wildman–Crippen MR) is 47.4 cm³/mol. The van der Waals surface area contributed by atoms with Gasteiger partial charge in [-0.25, -0.2) is 4.79 Å². The number of H-pyrrole nitrogens is 1. The summed E-state index contributed by atoms with van der Waals surface area (Å²) in [5.41, 5.74) is 0. The van der Waals surface area contributed by atoms with Crippen LogP contribution in [0.25, 0.3) is 0 Å². The molecule has 1 aromatic heterocycles.